The molecule has 0 aliphatic carbocycles. The number of aromatic nitrogens is 2. The van der Waals surface area contributed by atoms with Gasteiger partial charge in [0, 0.05) is 18.3 Å². The molecule has 2 aromatic rings. The van der Waals surface area contributed by atoms with Gasteiger partial charge in [-0.3, -0.25) is 0 Å². The van der Waals surface area contributed by atoms with Crippen LogP contribution in [-0.2, 0) is 6.42 Å². The highest BCUT2D eigenvalue weighted by atomic mass is 19.1. The molecule has 0 aliphatic heterocycles. The fourth-order valence-electron chi connectivity index (χ4n) is 1.81. The van der Waals surface area contributed by atoms with Gasteiger partial charge < -0.3 is 5.32 Å². The highest BCUT2D eigenvalue weighted by molar-refractivity contribution is 5.35. The molecule has 0 bridgehead atoms. The molecule has 3 nitrogen and oxygen atoms in total. The molecule has 0 aliphatic rings. The minimum Gasteiger partial charge on any atom is -0.370 e. The van der Waals surface area contributed by atoms with Gasteiger partial charge in [0.05, 0.1) is 0 Å². The van der Waals surface area contributed by atoms with E-state index < -0.39 is 0 Å². The maximum Gasteiger partial charge on any atom is 0.129 e. The van der Waals surface area contributed by atoms with E-state index in [1.165, 1.54) is 6.07 Å². The van der Waals surface area contributed by atoms with E-state index >= 15 is 0 Å². The molecule has 0 fully saturated rings. The monoisotopic (exact) mass is 259 g/mol. The summed E-state index contributed by atoms with van der Waals surface area (Å²) >= 11 is 0. The Morgan fingerprint density at radius 2 is 2.05 bits per heavy atom. The topological polar surface area (TPSA) is 37.8 Å². The molecule has 0 radical (unpaired) electrons. The van der Waals surface area contributed by atoms with Gasteiger partial charge in [0.1, 0.15) is 18.0 Å². The molecule has 0 amide bonds. The normalized spacial score (nSPS) is 10.7. The summed E-state index contributed by atoms with van der Waals surface area (Å²) in [6.45, 7) is 4.91. The van der Waals surface area contributed by atoms with E-state index in [4.69, 9.17) is 0 Å². The first-order valence-electron chi connectivity index (χ1n) is 6.45. The molecule has 2 rings (SSSR count). The van der Waals surface area contributed by atoms with Crippen LogP contribution in [0.5, 0.6) is 0 Å². The van der Waals surface area contributed by atoms with Crippen molar-refractivity contribution in [3.63, 3.8) is 0 Å². The van der Waals surface area contributed by atoms with Crippen LogP contribution in [0.3, 0.4) is 0 Å². The van der Waals surface area contributed by atoms with Crippen molar-refractivity contribution < 1.29 is 4.39 Å². The number of anilines is 1. The molecule has 1 aromatic heterocycles. The quantitative estimate of drug-likeness (QED) is 0.894. The zero-order valence-electron chi connectivity index (χ0n) is 11.2. The van der Waals surface area contributed by atoms with E-state index in [0.29, 0.717) is 5.92 Å². The zero-order chi connectivity index (χ0) is 13.7. The zero-order valence-corrected chi connectivity index (χ0v) is 11.2. The standard InChI is InChI=1S/C15H18FN3/c1-11(2)14-9-15(19-10-18-14)17-7-6-12-4-3-5-13(16)8-12/h3-5,8-11H,6-7H2,1-2H3,(H,17,18,19). The third-order valence-corrected chi connectivity index (χ3v) is 2.89. The van der Waals surface area contributed by atoms with Gasteiger partial charge in [-0.2, -0.15) is 0 Å². The molecule has 0 unspecified atom stereocenters. The van der Waals surface area contributed by atoms with Crippen LogP contribution >= 0.6 is 0 Å². The van der Waals surface area contributed by atoms with E-state index in [1.54, 1.807) is 18.5 Å². The largest absolute Gasteiger partial charge is 0.370 e. The van der Waals surface area contributed by atoms with Crippen molar-refractivity contribution >= 4 is 5.82 Å². The first-order valence-corrected chi connectivity index (χ1v) is 6.45. The summed E-state index contributed by atoms with van der Waals surface area (Å²) in [6, 6.07) is 8.62. The number of hydrogen-bond acceptors (Lipinski definition) is 3. The Bertz CT molecular complexity index is 540. The van der Waals surface area contributed by atoms with Crippen molar-refractivity contribution in [3.05, 3.63) is 53.7 Å². The fourth-order valence-corrected chi connectivity index (χ4v) is 1.81. The van der Waals surface area contributed by atoms with Gasteiger partial charge in [-0.1, -0.05) is 26.0 Å². The van der Waals surface area contributed by atoms with E-state index in [-0.39, 0.29) is 5.82 Å². The summed E-state index contributed by atoms with van der Waals surface area (Å²) in [5.74, 6) is 1.00. The van der Waals surface area contributed by atoms with Crippen LogP contribution in [-0.4, -0.2) is 16.5 Å². The Labute approximate surface area is 112 Å². The second kappa shape index (κ2) is 6.27. The van der Waals surface area contributed by atoms with E-state index in [1.807, 2.05) is 12.1 Å². The van der Waals surface area contributed by atoms with Gasteiger partial charge in [-0.05, 0) is 30.0 Å². The molecular weight excluding hydrogens is 241 g/mol. The molecule has 4 heteroatoms. The average Bonchev–Trinajstić information content (AvgIpc) is 2.39. The van der Waals surface area contributed by atoms with Crippen LogP contribution in [0.4, 0.5) is 10.2 Å². The SMILES string of the molecule is CC(C)c1cc(NCCc2cccc(F)c2)ncn1. The van der Waals surface area contributed by atoms with Crippen molar-refractivity contribution in [2.24, 2.45) is 0 Å². The molecule has 0 saturated carbocycles. The van der Waals surface area contributed by atoms with Crippen molar-refractivity contribution in [3.8, 4) is 0 Å². The number of hydrogen-bond donors (Lipinski definition) is 1. The molecule has 0 atom stereocenters. The van der Waals surface area contributed by atoms with Crippen molar-refractivity contribution in [2.75, 3.05) is 11.9 Å². The number of nitrogens with one attached hydrogen (secondary N) is 1. The van der Waals surface area contributed by atoms with E-state index in [0.717, 1.165) is 30.0 Å². The Morgan fingerprint density at radius 1 is 1.21 bits per heavy atom. The van der Waals surface area contributed by atoms with E-state index in [2.05, 4.69) is 29.1 Å². The smallest absolute Gasteiger partial charge is 0.129 e. The molecule has 19 heavy (non-hydrogen) atoms. The minimum atomic E-state index is -0.193. The summed E-state index contributed by atoms with van der Waals surface area (Å²) in [5.41, 5.74) is 1.99. The first kappa shape index (κ1) is 13.5. The molecule has 1 N–H and O–H groups in total. The van der Waals surface area contributed by atoms with Crippen LogP contribution in [0.15, 0.2) is 36.7 Å². The van der Waals surface area contributed by atoms with Gasteiger partial charge in [-0.15, -0.1) is 0 Å². The Kier molecular flexibility index (Phi) is 4.44. The summed E-state index contributed by atoms with van der Waals surface area (Å²) in [7, 11) is 0. The molecule has 1 aromatic carbocycles. The lowest BCUT2D eigenvalue weighted by Crippen LogP contribution is -2.07. The maximum absolute atomic E-state index is 13.0. The lowest BCUT2D eigenvalue weighted by atomic mass is 10.1. The van der Waals surface area contributed by atoms with Crippen LogP contribution in [0.25, 0.3) is 0 Å². The highest BCUT2D eigenvalue weighted by Crippen LogP contribution is 2.13. The molecule has 0 saturated heterocycles. The lowest BCUT2D eigenvalue weighted by molar-refractivity contribution is 0.625. The third-order valence-electron chi connectivity index (χ3n) is 2.89. The van der Waals surface area contributed by atoms with Crippen molar-refractivity contribution in [1.29, 1.82) is 0 Å². The Balaban J connectivity index is 1.90. The fraction of sp³-hybridized carbons (Fsp3) is 0.333. The Hall–Kier alpha value is -1.97. The van der Waals surface area contributed by atoms with Crippen molar-refractivity contribution in [1.82, 2.24) is 9.97 Å². The second-order valence-corrected chi connectivity index (χ2v) is 4.79. The van der Waals surface area contributed by atoms with Gasteiger partial charge in [0.2, 0.25) is 0 Å². The minimum absolute atomic E-state index is 0.193. The first-order chi connectivity index (χ1) is 9.15. The van der Waals surface area contributed by atoms with Crippen LogP contribution in [0.1, 0.15) is 31.0 Å². The van der Waals surface area contributed by atoms with Crippen LogP contribution < -0.4 is 5.32 Å². The predicted molar refractivity (Wildman–Crippen MR) is 74.7 cm³/mol. The summed E-state index contributed by atoms with van der Waals surface area (Å²) in [5, 5.41) is 3.23. The lowest BCUT2D eigenvalue weighted by Gasteiger charge is -2.08. The predicted octanol–water partition coefficient (Wildman–Crippen LogP) is 3.39. The van der Waals surface area contributed by atoms with Crippen LogP contribution in [0, 0.1) is 5.82 Å². The summed E-state index contributed by atoms with van der Waals surface area (Å²) in [6.07, 6.45) is 2.33. The third kappa shape index (κ3) is 4.02. The maximum atomic E-state index is 13.0. The molecule has 1 heterocycles. The van der Waals surface area contributed by atoms with E-state index in [9.17, 15) is 4.39 Å². The van der Waals surface area contributed by atoms with Gasteiger partial charge in [-0.25, -0.2) is 14.4 Å². The van der Waals surface area contributed by atoms with Gasteiger partial charge in [0.25, 0.3) is 0 Å². The Morgan fingerprint density at radius 3 is 2.79 bits per heavy atom. The summed E-state index contributed by atoms with van der Waals surface area (Å²) in [4.78, 5) is 8.39. The number of nitrogens with zero attached hydrogens (tertiary/aromatic N) is 2. The second-order valence-electron chi connectivity index (χ2n) is 4.79. The average molecular weight is 259 g/mol. The van der Waals surface area contributed by atoms with Crippen molar-refractivity contribution in [2.45, 2.75) is 26.2 Å². The molecule has 100 valence electrons. The summed E-state index contributed by atoms with van der Waals surface area (Å²) < 4.78 is 13.0. The molecular formula is C15H18FN3. The number of halogens is 1. The van der Waals surface area contributed by atoms with Crippen LogP contribution in [0.2, 0.25) is 0 Å². The molecule has 0 spiro atoms. The number of rotatable bonds is 5. The number of benzene rings is 1. The van der Waals surface area contributed by atoms with Gasteiger partial charge in [0.15, 0.2) is 0 Å². The van der Waals surface area contributed by atoms with Gasteiger partial charge >= 0.3 is 0 Å². The highest BCUT2D eigenvalue weighted by Gasteiger charge is 2.02.